The Hall–Kier alpha value is -3.24. The Morgan fingerprint density at radius 3 is 2.36 bits per heavy atom. The molecule has 9 nitrogen and oxygen atoms in total. The lowest BCUT2D eigenvalue weighted by Gasteiger charge is -2.30. The molecule has 0 radical (unpaired) electrons. The summed E-state index contributed by atoms with van der Waals surface area (Å²) in [5, 5.41) is 17.5. The number of anilines is 1. The third-order valence-corrected chi connectivity index (χ3v) is 6.25. The summed E-state index contributed by atoms with van der Waals surface area (Å²) in [5.41, 5.74) is 2.34. The van der Waals surface area contributed by atoms with Crippen LogP contribution in [0.3, 0.4) is 0 Å². The van der Waals surface area contributed by atoms with Crippen LogP contribution in [0, 0.1) is 0 Å². The molecule has 1 heterocycles. The molecule has 3 rings (SSSR count). The van der Waals surface area contributed by atoms with Crippen LogP contribution in [0.4, 0.5) is 5.69 Å². The number of carbonyl (C=O) groups is 2. The Bertz CT molecular complexity index is 1040. The van der Waals surface area contributed by atoms with Crippen LogP contribution in [0.25, 0.3) is 0 Å². The SMILES string of the molecule is CCN(CC)C(CNC(=O)c1ccc(NC(=O)CSc2nnnn2C)cc1)c1ccccc1. The van der Waals surface area contributed by atoms with Gasteiger partial charge in [0, 0.05) is 24.8 Å². The van der Waals surface area contributed by atoms with Crippen LogP contribution >= 0.6 is 11.8 Å². The van der Waals surface area contributed by atoms with E-state index in [4.69, 9.17) is 0 Å². The minimum atomic E-state index is -0.176. The van der Waals surface area contributed by atoms with Gasteiger partial charge in [0.2, 0.25) is 11.1 Å². The number of aromatic nitrogens is 4. The van der Waals surface area contributed by atoms with Gasteiger partial charge in [-0.2, -0.15) is 0 Å². The molecule has 0 aliphatic rings. The van der Waals surface area contributed by atoms with Crippen molar-refractivity contribution in [3.63, 3.8) is 0 Å². The number of tetrazole rings is 1. The molecule has 1 atom stereocenters. The van der Waals surface area contributed by atoms with Crippen molar-refractivity contribution in [3.8, 4) is 0 Å². The number of hydrogen-bond donors (Lipinski definition) is 2. The second-order valence-corrected chi connectivity index (χ2v) is 8.30. The Kier molecular flexibility index (Phi) is 8.96. The summed E-state index contributed by atoms with van der Waals surface area (Å²) in [6, 6.07) is 17.2. The number of nitrogens with one attached hydrogen (secondary N) is 2. The minimum absolute atomic E-state index is 0.102. The Labute approximate surface area is 197 Å². The van der Waals surface area contributed by atoms with Gasteiger partial charge < -0.3 is 10.6 Å². The predicted octanol–water partition coefficient (Wildman–Crippen LogP) is 2.75. The number of hydrogen-bond acceptors (Lipinski definition) is 7. The topological polar surface area (TPSA) is 105 Å². The maximum Gasteiger partial charge on any atom is 0.251 e. The summed E-state index contributed by atoms with van der Waals surface area (Å²) >= 11 is 1.25. The second kappa shape index (κ2) is 12.1. The fraction of sp³-hybridized carbons (Fsp3) is 0.348. The molecule has 3 aromatic rings. The molecule has 0 saturated carbocycles. The number of amides is 2. The van der Waals surface area contributed by atoms with Crippen molar-refractivity contribution >= 4 is 29.3 Å². The molecule has 0 aliphatic carbocycles. The molecule has 0 fully saturated rings. The zero-order valence-corrected chi connectivity index (χ0v) is 19.9. The maximum absolute atomic E-state index is 12.7. The van der Waals surface area contributed by atoms with Gasteiger partial charge in [-0.05, 0) is 53.3 Å². The highest BCUT2D eigenvalue weighted by Crippen LogP contribution is 2.20. The monoisotopic (exact) mass is 467 g/mol. The van der Waals surface area contributed by atoms with Gasteiger partial charge in [0.25, 0.3) is 5.91 Å². The van der Waals surface area contributed by atoms with Crippen molar-refractivity contribution < 1.29 is 9.59 Å². The molecule has 10 heteroatoms. The molecular formula is C23H29N7O2S. The van der Waals surface area contributed by atoms with Gasteiger partial charge in [-0.15, -0.1) is 5.10 Å². The standard InChI is InChI=1S/C23H29N7O2S/c1-4-30(5-2)20(17-9-7-6-8-10-17)15-24-22(32)18-11-13-19(14-12-18)25-21(31)16-33-23-26-27-28-29(23)3/h6-14,20H,4-5,15-16H2,1-3H3,(H,24,32)(H,25,31). The van der Waals surface area contributed by atoms with Crippen LogP contribution in [0.15, 0.2) is 59.8 Å². The zero-order chi connectivity index (χ0) is 23.6. The molecule has 0 bridgehead atoms. The lowest BCUT2D eigenvalue weighted by atomic mass is 10.0. The number of carbonyl (C=O) groups excluding carboxylic acids is 2. The first-order valence-electron chi connectivity index (χ1n) is 10.8. The van der Waals surface area contributed by atoms with Crippen molar-refractivity contribution in [2.75, 3.05) is 30.7 Å². The van der Waals surface area contributed by atoms with Crippen LogP contribution in [0.1, 0.15) is 35.8 Å². The van der Waals surface area contributed by atoms with E-state index in [-0.39, 0.29) is 23.6 Å². The Morgan fingerprint density at radius 1 is 1.06 bits per heavy atom. The fourth-order valence-corrected chi connectivity index (χ4v) is 4.11. The molecule has 0 spiro atoms. The van der Waals surface area contributed by atoms with E-state index in [1.807, 2.05) is 18.2 Å². The first-order valence-corrected chi connectivity index (χ1v) is 11.8. The fourth-order valence-electron chi connectivity index (χ4n) is 3.46. The smallest absolute Gasteiger partial charge is 0.251 e. The molecule has 2 amide bonds. The molecular weight excluding hydrogens is 438 g/mol. The lowest BCUT2D eigenvalue weighted by Crippen LogP contribution is -2.38. The average molecular weight is 468 g/mol. The van der Waals surface area contributed by atoms with Gasteiger partial charge in [-0.3, -0.25) is 14.5 Å². The molecule has 2 N–H and O–H groups in total. The van der Waals surface area contributed by atoms with E-state index in [1.54, 1.807) is 31.3 Å². The van der Waals surface area contributed by atoms with Gasteiger partial charge in [0.1, 0.15) is 0 Å². The lowest BCUT2D eigenvalue weighted by molar-refractivity contribution is -0.113. The highest BCUT2D eigenvalue weighted by atomic mass is 32.2. The molecule has 2 aromatic carbocycles. The van der Waals surface area contributed by atoms with Crippen molar-refractivity contribution in [1.82, 2.24) is 30.4 Å². The highest BCUT2D eigenvalue weighted by Gasteiger charge is 2.19. The number of rotatable bonds is 11. The van der Waals surface area contributed by atoms with Crippen molar-refractivity contribution in [3.05, 3.63) is 65.7 Å². The van der Waals surface area contributed by atoms with E-state index < -0.39 is 0 Å². The van der Waals surface area contributed by atoms with E-state index in [1.165, 1.54) is 22.0 Å². The average Bonchev–Trinajstić information content (AvgIpc) is 3.26. The van der Waals surface area contributed by atoms with E-state index in [0.29, 0.717) is 23.0 Å². The number of benzene rings is 2. The summed E-state index contributed by atoms with van der Waals surface area (Å²) in [7, 11) is 1.72. The quantitative estimate of drug-likeness (QED) is 0.418. The zero-order valence-electron chi connectivity index (χ0n) is 19.1. The van der Waals surface area contributed by atoms with Crippen molar-refractivity contribution in [1.29, 1.82) is 0 Å². The maximum atomic E-state index is 12.7. The number of likely N-dealkylation sites (N-methyl/N-ethyl adjacent to an activating group) is 1. The largest absolute Gasteiger partial charge is 0.350 e. The molecule has 1 unspecified atom stereocenters. The highest BCUT2D eigenvalue weighted by molar-refractivity contribution is 7.99. The van der Waals surface area contributed by atoms with Gasteiger partial charge >= 0.3 is 0 Å². The molecule has 0 saturated heterocycles. The van der Waals surface area contributed by atoms with Crippen LogP contribution in [0.5, 0.6) is 0 Å². The summed E-state index contributed by atoms with van der Waals surface area (Å²) in [6.07, 6.45) is 0. The van der Waals surface area contributed by atoms with Gasteiger partial charge in [-0.25, -0.2) is 4.68 Å². The predicted molar refractivity (Wildman–Crippen MR) is 129 cm³/mol. The van der Waals surface area contributed by atoms with Crippen LogP contribution < -0.4 is 10.6 Å². The normalized spacial score (nSPS) is 11.9. The molecule has 1 aromatic heterocycles. The van der Waals surface area contributed by atoms with E-state index in [2.05, 4.69) is 57.0 Å². The summed E-state index contributed by atoms with van der Waals surface area (Å²) in [4.78, 5) is 27.2. The molecule has 174 valence electrons. The van der Waals surface area contributed by atoms with E-state index >= 15 is 0 Å². The number of aryl methyl sites for hydroxylation is 1. The third-order valence-electron chi connectivity index (χ3n) is 5.24. The van der Waals surface area contributed by atoms with Gasteiger partial charge in [0.05, 0.1) is 11.8 Å². The number of nitrogens with zero attached hydrogens (tertiary/aromatic N) is 5. The number of thioether (sulfide) groups is 1. The first kappa shape index (κ1) is 24.4. The Balaban J connectivity index is 1.54. The molecule has 33 heavy (non-hydrogen) atoms. The van der Waals surface area contributed by atoms with Crippen molar-refractivity contribution in [2.45, 2.75) is 25.0 Å². The second-order valence-electron chi connectivity index (χ2n) is 7.36. The van der Waals surface area contributed by atoms with Gasteiger partial charge in [-0.1, -0.05) is 55.9 Å². The van der Waals surface area contributed by atoms with E-state index in [0.717, 1.165) is 13.1 Å². The van der Waals surface area contributed by atoms with Crippen LogP contribution in [-0.2, 0) is 11.8 Å². The first-order chi connectivity index (χ1) is 16.0. The van der Waals surface area contributed by atoms with E-state index in [9.17, 15) is 9.59 Å². The third kappa shape index (κ3) is 6.87. The van der Waals surface area contributed by atoms with Gasteiger partial charge in [0.15, 0.2) is 0 Å². The van der Waals surface area contributed by atoms with Crippen LogP contribution in [-0.4, -0.2) is 62.3 Å². The Morgan fingerprint density at radius 2 is 1.76 bits per heavy atom. The summed E-state index contributed by atoms with van der Waals surface area (Å²) in [6.45, 7) is 6.54. The summed E-state index contributed by atoms with van der Waals surface area (Å²) < 4.78 is 1.51. The molecule has 0 aliphatic heterocycles. The summed E-state index contributed by atoms with van der Waals surface area (Å²) in [5.74, 6) is -0.140. The van der Waals surface area contributed by atoms with Crippen LogP contribution in [0.2, 0.25) is 0 Å². The van der Waals surface area contributed by atoms with Crippen molar-refractivity contribution in [2.24, 2.45) is 7.05 Å². The minimum Gasteiger partial charge on any atom is -0.350 e.